The third-order valence-corrected chi connectivity index (χ3v) is 3.57. The fourth-order valence-electron chi connectivity index (χ4n) is 2.53. The van der Waals surface area contributed by atoms with Gasteiger partial charge in [-0.1, -0.05) is 43.2 Å². The van der Waals surface area contributed by atoms with Crippen LogP contribution in [0.25, 0.3) is 0 Å². The molecular weight excluding hydrogens is 228 g/mol. The van der Waals surface area contributed by atoms with E-state index < -0.39 is 11.6 Å². The quantitative estimate of drug-likeness (QED) is 0.871. The summed E-state index contributed by atoms with van der Waals surface area (Å²) in [4.78, 5) is 11.5. The van der Waals surface area contributed by atoms with Gasteiger partial charge in [-0.15, -0.1) is 0 Å². The summed E-state index contributed by atoms with van der Waals surface area (Å²) in [6.07, 6.45) is 4.78. The second kappa shape index (κ2) is 5.53. The number of hydrogen-bond donors (Lipinski definition) is 1. The largest absolute Gasteiger partial charge is 0.479 e. The van der Waals surface area contributed by atoms with Gasteiger partial charge in [-0.05, 0) is 25.3 Å². The van der Waals surface area contributed by atoms with Crippen LogP contribution in [-0.2, 0) is 16.0 Å². The number of aliphatic carboxylic acids is 1. The molecule has 1 atom stereocenters. The number of hydrogen-bond acceptors (Lipinski definition) is 2. The van der Waals surface area contributed by atoms with E-state index >= 15 is 0 Å². The Bertz CT molecular complexity index is 395. The van der Waals surface area contributed by atoms with E-state index in [0.717, 1.165) is 31.2 Å². The Labute approximate surface area is 108 Å². The number of carbonyl (C=O) groups is 1. The van der Waals surface area contributed by atoms with Crippen LogP contribution in [0.3, 0.4) is 0 Å². The fraction of sp³-hybridized carbons (Fsp3) is 0.533. The summed E-state index contributed by atoms with van der Waals surface area (Å²) >= 11 is 0. The van der Waals surface area contributed by atoms with E-state index in [0.29, 0.717) is 6.42 Å². The van der Waals surface area contributed by atoms with Gasteiger partial charge >= 0.3 is 5.97 Å². The van der Waals surface area contributed by atoms with E-state index in [9.17, 15) is 9.90 Å². The van der Waals surface area contributed by atoms with Crippen LogP contribution in [0.1, 0.15) is 38.2 Å². The van der Waals surface area contributed by atoms with Crippen molar-refractivity contribution < 1.29 is 14.6 Å². The third kappa shape index (κ3) is 3.10. The summed E-state index contributed by atoms with van der Waals surface area (Å²) in [5.41, 5.74) is -0.114. The molecule has 1 aliphatic rings. The van der Waals surface area contributed by atoms with Crippen molar-refractivity contribution in [2.75, 3.05) is 0 Å². The second-order valence-corrected chi connectivity index (χ2v) is 5.22. The van der Waals surface area contributed by atoms with Crippen molar-refractivity contribution in [1.82, 2.24) is 0 Å². The smallest absolute Gasteiger partial charge is 0.336 e. The van der Waals surface area contributed by atoms with Crippen LogP contribution >= 0.6 is 0 Å². The van der Waals surface area contributed by atoms with Crippen LogP contribution in [0.5, 0.6) is 0 Å². The Morgan fingerprint density at radius 1 is 1.33 bits per heavy atom. The van der Waals surface area contributed by atoms with Gasteiger partial charge in [0, 0.05) is 6.42 Å². The predicted molar refractivity (Wildman–Crippen MR) is 69.5 cm³/mol. The van der Waals surface area contributed by atoms with Crippen LogP contribution in [-0.4, -0.2) is 22.8 Å². The van der Waals surface area contributed by atoms with Crippen molar-refractivity contribution in [1.29, 1.82) is 0 Å². The molecule has 1 fully saturated rings. The van der Waals surface area contributed by atoms with Crippen molar-refractivity contribution >= 4 is 5.97 Å². The van der Waals surface area contributed by atoms with Crippen LogP contribution in [0, 0.1) is 0 Å². The van der Waals surface area contributed by atoms with Gasteiger partial charge in [-0.2, -0.15) is 0 Å². The number of benzene rings is 1. The van der Waals surface area contributed by atoms with Gasteiger partial charge in [0.25, 0.3) is 0 Å². The van der Waals surface area contributed by atoms with E-state index in [1.807, 2.05) is 30.3 Å². The second-order valence-electron chi connectivity index (χ2n) is 5.22. The summed E-state index contributed by atoms with van der Waals surface area (Å²) in [5, 5.41) is 9.43. The number of carboxylic acids is 1. The zero-order chi connectivity index (χ0) is 13.0. The molecular formula is C15H20O3. The Kier molecular flexibility index (Phi) is 4.02. The first-order valence-electron chi connectivity index (χ1n) is 6.55. The van der Waals surface area contributed by atoms with E-state index in [-0.39, 0.29) is 6.10 Å². The standard InChI is InChI=1S/C15H20O3/c1-15(14(16)17,18-13-9-5-6-10-13)11-12-7-3-2-4-8-12/h2-4,7-8,13H,5-6,9-11H2,1H3,(H,16,17). The molecule has 0 saturated heterocycles. The average Bonchev–Trinajstić information content (AvgIpc) is 2.82. The van der Waals surface area contributed by atoms with Crippen molar-refractivity contribution in [3.63, 3.8) is 0 Å². The fourth-order valence-corrected chi connectivity index (χ4v) is 2.53. The number of rotatable bonds is 5. The van der Waals surface area contributed by atoms with Crippen LogP contribution in [0.4, 0.5) is 0 Å². The van der Waals surface area contributed by atoms with Crippen LogP contribution in [0.15, 0.2) is 30.3 Å². The third-order valence-electron chi connectivity index (χ3n) is 3.57. The first-order valence-corrected chi connectivity index (χ1v) is 6.55. The molecule has 18 heavy (non-hydrogen) atoms. The highest BCUT2D eigenvalue weighted by atomic mass is 16.5. The molecule has 1 aromatic rings. The topological polar surface area (TPSA) is 46.5 Å². The SMILES string of the molecule is CC(Cc1ccccc1)(OC1CCCC1)C(=O)O. The maximum absolute atomic E-state index is 11.5. The Hall–Kier alpha value is -1.35. The Morgan fingerprint density at radius 2 is 1.94 bits per heavy atom. The molecule has 1 aromatic carbocycles. The van der Waals surface area contributed by atoms with E-state index in [4.69, 9.17) is 4.74 Å². The molecule has 0 radical (unpaired) electrons. The van der Waals surface area contributed by atoms with Crippen molar-refractivity contribution in [2.45, 2.75) is 50.7 Å². The number of ether oxygens (including phenoxy) is 1. The molecule has 3 nitrogen and oxygen atoms in total. The van der Waals surface area contributed by atoms with Gasteiger partial charge in [0.15, 0.2) is 5.60 Å². The molecule has 1 N–H and O–H groups in total. The molecule has 1 aliphatic carbocycles. The van der Waals surface area contributed by atoms with Crippen molar-refractivity contribution in [3.05, 3.63) is 35.9 Å². The highest BCUT2D eigenvalue weighted by Gasteiger charge is 2.37. The highest BCUT2D eigenvalue weighted by Crippen LogP contribution is 2.28. The molecule has 0 spiro atoms. The molecule has 3 heteroatoms. The molecule has 0 heterocycles. The number of carboxylic acid groups (broad SMARTS) is 1. The lowest BCUT2D eigenvalue weighted by Crippen LogP contribution is -2.43. The van der Waals surface area contributed by atoms with Crippen LogP contribution in [0.2, 0.25) is 0 Å². The average molecular weight is 248 g/mol. The predicted octanol–water partition coefficient (Wildman–Crippen LogP) is 3.03. The summed E-state index contributed by atoms with van der Waals surface area (Å²) in [6.45, 7) is 1.68. The first-order chi connectivity index (χ1) is 8.60. The van der Waals surface area contributed by atoms with E-state index in [2.05, 4.69) is 0 Å². The zero-order valence-corrected chi connectivity index (χ0v) is 10.8. The minimum atomic E-state index is -1.11. The van der Waals surface area contributed by atoms with E-state index in [1.165, 1.54) is 0 Å². The van der Waals surface area contributed by atoms with Gasteiger partial charge in [-0.25, -0.2) is 4.79 Å². The Balaban J connectivity index is 2.08. The first kappa shape index (κ1) is 13.1. The lowest BCUT2D eigenvalue weighted by atomic mass is 9.96. The van der Waals surface area contributed by atoms with Crippen molar-refractivity contribution in [2.24, 2.45) is 0 Å². The highest BCUT2D eigenvalue weighted by molar-refractivity contribution is 5.77. The zero-order valence-electron chi connectivity index (χ0n) is 10.8. The molecule has 2 rings (SSSR count). The summed E-state index contributed by atoms with van der Waals surface area (Å²) in [6, 6.07) is 9.66. The van der Waals surface area contributed by atoms with Gasteiger partial charge in [-0.3, -0.25) is 0 Å². The molecule has 1 saturated carbocycles. The molecule has 98 valence electrons. The lowest BCUT2D eigenvalue weighted by molar-refractivity contribution is -0.170. The maximum Gasteiger partial charge on any atom is 0.336 e. The molecule has 0 amide bonds. The van der Waals surface area contributed by atoms with Gasteiger partial charge in [0.1, 0.15) is 0 Å². The minimum absolute atomic E-state index is 0.106. The monoisotopic (exact) mass is 248 g/mol. The summed E-state index contributed by atoms with van der Waals surface area (Å²) < 4.78 is 5.86. The van der Waals surface area contributed by atoms with Gasteiger partial charge in [0.05, 0.1) is 6.10 Å². The lowest BCUT2D eigenvalue weighted by Gasteiger charge is -2.29. The summed E-state index contributed by atoms with van der Waals surface area (Å²) in [5.74, 6) is -0.877. The van der Waals surface area contributed by atoms with Crippen LogP contribution < -0.4 is 0 Å². The summed E-state index contributed by atoms with van der Waals surface area (Å²) in [7, 11) is 0. The normalized spacial score (nSPS) is 19.6. The van der Waals surface area contributed by atoms with E-state index in [1.54, 1.807) is 6.92 Å². The Morgan fingerprint density at radius 3 is 2.50 bits per heavy atom. The van der Waals surface area contributed by atoms with Gasteiger partial charge < -0.3 is 9.84 Å². The molecule has 0 bridgehead atoms. The molecule has 0 aliphatic heterocycles. The van der Waals surface area contributed by atoms with Gasteiger partial charge in [0.2, 0.25) is 0 Å². The van der Waals surface area contributed by atoms with Crippen molar-refractivity contribution in [3.8, 4) is 0 Å². The molecule has 0 aromatic heterocycles. The minimum Gasteiger partial charge on any atom is -0.479 e. The maximum atomic E-state index is 11.5. The molecule has 1 unspecified atom stereocenters.